The van der Waals surface area contributed by atoms with Gasteiger partial charge in [-0.15, -0.1) is 0 Å². The minimum atomic E-state index is -0.811. The van der Waals surface area contributed by atoms with Crippen molar-refractivity contribution in [2.24, 2.45) is 0 Å². The molecule has 0 saturated carbocycles. The van der Waals surface area contributed by atoms with Crippen LogP contribution in [-0.2, 0) is 4.79 Å². The van der Waals surface area contributed by atoms with Gasteiger partial charge in [-0.25, -0.2) is 4.79 Å². The van der Waals surface area contributed by atoms with Crippen molar-refractivity contribution in [3.05, 3.63) is 0 Å². The molecule has 2 N–H and O–H groups in total. The predicted octanol–water partition coefficient (Wildman–Crippen LogP) is 0.930. The maximum Gasteiger partial charge on any atom is 0.317 e. The summed E-state index contributed by atoms with van der Waals surface area (Å²) in [6.07, 6.45) is 3.84. The smallest absolute Gasteiger partial charge is 0.317 e. The van der Waals surface area contributed by atoms with E-state index in [9.17, 15) is 9.59 Å². The lowest BCUT2D eigenvalue weighted by atomic mass is 10.2. The highest BCUT2D eigenvalue weighted by Gasteiger charge is 2.20. The first-order valence-corrected chi connectivity index (χ1v) is 8.41. The molecule has 6 nitrogen and oxygen atoms in total. The molecule has 0 aromatic rings. The summed E-state index contributed by atoms with van der Waals surface area (Å²) in [6, 6.07) is 0.143. The maximum atomic E-state index is 12.1. The fourth-order valence-electron chi connectivity index (χ4n) is 2.19. The number of nitrogens with one attached hydrogen (secondary N) is 1. The number of urea groups is 1. The van der Waals surface area contributed by atoms with Gasteiger partial charge in [0, 0.05) is 32.2 Å². The molecule has 20 heavy (non-hydrogen) atoms. The summed E-state index contributed by atoms with van der Waals surface area (Å²) < 4.78 is 0. The maximum absolute atomic E-state index is 12.1. The number of thioether (sulfide) groups is 1. The van der Waals surface area contributed by atoms with Crippen molar-refractivity contribution in [2.75, 3.05) is 44.7 Å². The van der Waals surface area contributed by atoms with Gasteiger partial charge in [0.2, 0.25) is 0 Å². The normalized spacial score (nSPS) is 18.4. The van der Waals surface area contributed by atoms with Crippen LogP contribution >= 0.6 is 11.8 Å². The van der Waals surface area contributed by atoms with Gasteiger partial charge in [0.1, 0.15) is 0 Å². The Kier molecular flexibility index (Phi) is 7.76. The van der Waals surface area contributed by atoms with Gasteiger partial charge in [-0.05, 0) is 31.8 Å². The topological polar surface area (TPSA) is 72.9 Å². The molecule has 0 spiro atoms. The van der Waals surface area contributed by atoms with Gasteiger partial charge in [-0.1, -0.05) is 0 Å². The van der Waals surface area contributed by atoms with E-state index >= 15 is 0 Å². The number of amides is 2. The summed E-state index contributed by atoms with van der Waals surface area (Å²) in [7, 11) is 0. The number of nitrogens with zero attached hydrogens (tertiary/aromatic N) is 2. The Hall–Kier alpha value is -0.950. The molecule has 1 heterocycles. The van der Waals surface area contributed by atoms with Crippen LogP contribution in [0.1, 0.15) is 19.8 Å². The van der Waals surface area contributed by atoms with E-state index in [-0.39, 0.29) is 18.6 Å². The minimum Gasteiger partial charge on any atom is -0.480 e. The van der Waals surface area contributed by atoms with E-state index in [4.69, 9.17) is 5.11 Å². The molecule has 2 amide bonds. The van der Waals surface area contributed by atoms with Gasteiger partial charge < -0.3 is 15.3 Å². The quantitative estimate of drug-likeness (QED) is 0.764. The van der Waals surface area contributed by atoms with Gasteiger partial charge in [-0.3, -0.25) is 9.69 Å². The fraction of sp³-hybridized carbons (Fsp3) is 0.846. The summed E-state index contributed by atoms with van der Waals surface area (Å²) in [5.74, 6) is 0.224. The molecular formula is C13H25N3O3S. The van der Waals surface area contributed by atoms with E-state index in [0.29, 0.717) is 19.6 Å². The van der Waals surface area contributed by atoms with Gasteiger partial charge >= 0.3 is 12.0 Å². The molecule has 0 bridgehead atoms. The molecule has 0 aliphatic carbocycles. The van der Waals surface area contributed by atoms with Crippen molar-refractivity contribution in [3.63, 3.8) is 0 Å². The Morgan fingerprint density at radius 1 is 1.30 bits per heavy atom. The molecule has 116 valence electrons. The van der Waals surface area contributed by atoms with E-state index in [0.717, 1.165) is 25.1 Å². The van der Waals surface area contributed by atoms with Gasteiger partial charge in [0.05, 0.1) is 6.54 Å². The number of carboxylic acid groups (broad SMARTS) is 1. The highest BCUT2D eigenvalue weighted by Crippen LogP contribution is 2.05. The summed E-state index contributed by atoms with van der Waals surface area (Å²) in [6.45, 7) is 4.71. The molecule has 1 unspecified atom stereocenters. The second kappa shape index (κ2) is 9.07. The first kappa shape index (κ1) is 17.1. The molecule has 1 saturated heterocycles. The fourth-order valence-corrected chi connectivity index (χ4v) is 2.78. The Balaban J connectivity index is 2.36. The lowest BCUT2D eigenvalue weighted by Crippen LogP contribution is -2.45. The van der Waals surface area contributed by atoms with Crippen LogP contribution in [0.5, 0.6) is 0 Å². The summed E-state index contributed by atoms with van der Waals surface area (Å²) in [4.78, 5) is 26.5. The Labute approximate surface area is 124 Å². The number of hydrogen-bond donors (Lipinski definition) is 2. The van der Waals surface area contributed by atoms with Crippen LogP contribution in [0.3, 0.4) is 0 Å². The highest BCUT2D eigenvalue weighted by atomic mass is 32.2. The zero-order chi connectivity index (χ0) is 15.0. The van der Waals surface area contributed by atoms with Crippen LogP contribution in [0.4, 0.5) is 4.79 Å². The Morgan fingerprint density at radius 2 is 2.05 bits per heavy atom. The zero-order valence-corrected chi connectivity index (χ0v) is 13.1. The van der Waals surface area contributed by atoms with Crippen LogP contribution in [0.15, 0.2) is 0 Å². The van der Waals surface area contributed by atoms with Crippen molar-refractivity contribution in [1.82, 2.24) is 15.1 Å². The molecule has 1 atom stereocenters. The van der Waals surface area contributed by atoms with Crippen molar-refractivity contribution in [2.45, 2.75) is 25.8 Å². The first-order chi connectivity index (χ1) is 9.52. The van der Waals surface area contributed by atoms with E-state index in [1.807, 2.05) is 11.8 Å². The number of aliphatic carboxylic acids is 1. The number of hydrogen-bond acceptors (Lipinski definition) is 4. The van der Waals surface area contributed by atoms with E-state index in [1.54, 1.807) is 16.7 Å². The molecule has 0 radical (unpaired) electrons. The molecule has 1 aliphatic heterocycles. The summed E-state index contributed by atoms with van der Waals surface area (Å²) in [5.41, 5.74) is 0. The van der Waals surface area contributed by atoms with Crippen LogP contribution in [-0.4, -0.2) is 77.7 Å². The highest BCUT2D eigenvalue weighted by molar-refractivity contribution is 7.98. The Morgan fingerprint density at radius 3 is 2.70 bits per heavy atom. The van der Waals surface area contributed by atoms with Gasteiger partial charge in [-0.2, -0.15) is 11.8 Å². The third-order valence-corrected chi connectivity index (χ3v) is 4.00. The Bertz CT molecular complexity index is 328. The second-order valence-electron chi connectivity index (χ2n) is 5.14. The lowest BCUT2D eigenvalue weighted by molar-refractivity contribution is -0.138. The van der Waals surface area contributed by atoms with Gasteiger partial charge in [0.25, 0.3) is 0 Å². The molecule has 1 fully saturated rings. The van der Waals surface area contributed by atoms with Crippen LogP contribution in [0.25, 0.3) is 0 Å². The zero-order valence-electron chi connectivity index (χ0n) is 12.3. The van der Waals surface area contributed by atoms with E-state index in [2.05, 4.69) is 11.6 Å². The molecule has 0 aromatic heterocycles. The molecular weight excluding hydrogens is 278 g/mol. The largest absolute Gasteiger partial charge is 0.480 e. The third kappa shape index (κ3) is 6.47. The molecule has 0 aromatic carbocycles. The van der Waals surface area contributed by atoms with Crippen LogP contribution in [0.2, 0.25) is 0 Å². The monoisotopic (exact) mass is 303 g/mol. The number of carboxylic acids is 1. The van der Waals surface area contributed by atoms with Crippen molar-refractivity contribution >= 4 is 23.8 Å². The van der Waals surface area contributed by atoms with E-state index < -0.39 is 5.97 Å². The van der Waals surface area contributed by atoms with Gasteiger partial charge in [0.15, 0.2) is 0 Å². The van der Waals surface area contributed by atoms with Crippen molar-refractivity contribution in [3.8, 4) is 0 Å². The van der Waals surface area contributed by atoms with Crippen molar-refractivity contribution < 1.29 is 14.7 Å². The summed E-state index contributed by atoms with van der Waals surface area (Å²) in [5, 5.41) is 11.8. The number of carbonyl (C=O) groups is 2. The van der Waals surface area contributed by atoms with Crippen LogP contribution in [0, 0.1) is 0 Å². The van der Waals surface area contributed by atoms with Crippen LogP contribution < -0.4 is 5.32 Å². The third-order valence-electron chi connectivity index (χ3n) is 3.36. The average molecular weight is 303 g/mol. The average Bonchev–Trinajstić information content (AvgIpc) is 2.61. The minimum absolute atomic E-state index is 0.0317. The molecule has 7 heteroatoms. The van der Waals surface area contributed by atoms with Crippen molar-refractivity contribution in [1.29, 1.82) is 0 Å². The summed E-state index contributed by atoms with van der Waals surface area (Å²) >= 11 is 1.77. The number of carbonyl (C=O) groups excluding carboxylic acids is 1. The first-order valence-electron chi connectivity index (χ1n) is 7.01. The lowest BCUT2D eigenvalue weighted by Gasteiger charge is -2.24. The standard InChI is InChI=1S/C13H25N3O3S/c1-11(4-9-20-2)14-13(19)16-6-3-5-15(7-8-16)10-12(17)18/h11H,3-10H2,1-2H3,(H,14,19)(H,17,18). The molecule has 1 aliphatic rings. The number of rotatable bonds is 6. The second-order valence-corrected chi connectivity index (χ2v) is 6.13. The SMILES string of the molecule is CSCCC(C)NC(=O)N1CCCN(CC(=O)O)CC1. The predicted molar refractivity (Wildman–Crippen MR) is 81.3 cm³/mol. The molecule has 1 rings (SSSR count). The van der Waals surface area contributed by atoms with E-state index in [1.165, 1.54) is 0 Å².